The molecule has 0 aliphatic carbocycles. The molecule has 0 radical (unpaired) electrons. The van der Waals surface area contributed by atoms with Crippen molar-refractivity contribution in [3.8, 4) is 0 Å². The molecule has 0 saturated heterocycles. The largest absolute Gasteiger partial charge is 0.379 e. The molecule has 0 bridgehead atoms. The third-order valence-electron chi connectivity index (χ3n) is 5.85. The molecule has 0 unspecified atom stereocenters. The minimum absolute atomic E-state index is 0.122. The molecule has 0 atom stereocenters. The predicted molar refractivity (Wildman–Crippen MR) is 139 cm³/mol. The van der Waals surface area contributed by atoms with Gasteiger partial charge in [-0.3, -0.25) is 4.79 Å². The van der Waals surface area contributed by atoms with Crippen molar-refractivity contribution in [1.29, 1.82) is 0 Å². The summed E-state index contributed by atoms with van der Waals surface area (Å²) in [5, 5.41) is 8.98. The Bertz CT molecular complexity index is 1340. The number of hydrogen-bond donors (Lipinski definition) is 2. The minimum Gasteiger partial charge on any atom is -0.379 e. The van der Waals surface area contributed by atoms with Crippen LogP contribution in [-0.4, -0.2) is 26.5 Å². The second kappa shape index (κ2) is 8.71. The quantitative estimate of drug-likeness (QED) is 0.399. The van der Waals surface area contributed by atoms with Crippen LogP contribution in [0.3, 0.4) is 0 Å². The average molecular weight is 435 g/mol. The Morgan fingerprint density at radius 2 is 1.67 bits per heavy atom. The first-order valence-electron chi connectivity index (χ1n) is 11.0. The van der Waals surface area contributed by atoms with Crippen LogP contribution in [0.4, 0.5) is 28.4 Å². The molecule has 5 rings (SSSR count). The smallest absolute Gasteiger partial charge is 0.257 e. The number of anilines is 5. The lowest BCUT2D eigenvalue weighted by Gasteiger charge is -2.23. The number of amides is 1. The summed E-state index contributed by atoms with van der Waals surface area (Å²) in [5.41, 5.74) is 5.53. The molecule has 164 valence electrons. The highest BCUT2D eigenvalue weighted by Crippen LogP contribution is 2.39. The molecule has 2 N–H and O–H groups in total. The van der Waals surface area contributed by atoms with E-state index >= 15 is 0 Å². The van der Waals surface area contributed by atoms with Gasteiger partial charge in [0.15, 0.2) is 0 Å². The van der Waals surface area contributed by atoms with E-state index in [1.807, 2.05) is 67.5 Å². The standard InChI is InChI=1S/C28H26N4O/c1-31(2)25-11-6-5-10-24(25)28(33)30-21-13-15-22(16-14-21)32-19-7-18-29-27-23-9-4-3-8-20(23)12-17-26(27)32/h3-17,19,29H,18H2,1-2H3,(H,30,33). The number of hydrogen-bond acceptors (Lipinski definition) is 4. The van der Waals surface area contributed by atoms with E-state index in [4.69, 9.17) is 0 Å². The maximum atomic E-state index is 12.9. The number of rotatable bonds is 4. The van der Waals surface area contributed by atoms with Crippen molar-refractivity contribution in [3.63, 3.8) is 0 Å². The van der Waals surface area contributed by atoms with Gasteiger partial charge in [0.1, 0.15) is 0 Å². The number of para-hydroxylation sites is 1. The Morgan fingerprint density at radius 3 is 2.48 bits per heavy atom. The average Bonchev–Trinajstić information content (AvgIpc) is 3.07. The van der Waals surface area contributed by atoms with Crippen LogP contribution in [0, 0.1) is 0 Å². The Kier molecular flexibility index (Phi) is 5.45. The van der Waals surface area contributed by atoms with Gasteiger partial charge in [-0.2, -0.15) is 0 Å². The fourth-order valence-corrected chi connectivity index (χ4v) is 4.23. The summed E-state index contributed by atoms with van der Waals surface area (Å²) >= 11 is 0. The van der Waals surface area contributed by atoms with Crippen LogP contribution in [-0.2, 0) is 0 Å². The Morgan fingerprint density at radius 1 is 0.909 bits per heavy atom. The molecule has 5 nitrogen and oxygen atoms in total. The molecule has 4 aromatic carbocycles. The zero-order valence-corrected chi connectivity index (χ0v) is 18.7. The number of benzene rings is 4. The van der Waals surface area contributed by atoms with Crippen LogP contribution in [0.1, 0.15) is 10.4 Å². The van der Waals surface area contributed by atoms with Gasteiger partial charge in [0.25, 0.3) is 5.91 Å². The highest BCUT2D eigenvalue weighted by atomic mass is 16.1. The zero-order chi connectivity index (χ0) is 22.8. The summed E-state index contributed by atoms with van der Waals surface area (Å²) in [7, 11) is 3.87. The van der Waals surface area contributed by atoms with E-state index in [9.17, 15) is 4.79 Å². The predicted octanol–water partition coefficient (Wildman–Crippen LogP) is 6.24. The molecule has 33 heavy (non-hydrogen) atoms. The Balaban J connectivity index is 1.43. The van der Waals surface area contributed by atoms with Gasteiger partial charge >= 0.3 is 0 Å². The summed E-state index contributed by atoms with van der Waals surface area (Å²) in [6.07, 6.45) is 4.21. The van der Waals surface area contributed by atoms with Crippen LogP contribution < -0.4 is 20.4 Å². The van der Waals surface area contributed by atoms with Crippen LogP contribution in [0.5, 0.6) is 0 Å². The molecule has 0 saturated carbocycles. The molecule has 0 aromatic heterocycles. The summed E-state index contributed by atoms with van der Waals surface area (Å²) in [6, 6.07) is 28.3. The highest BCUT2D eigenvalue weighted by molar-refractivity contribution is 6.08. The van der Waals surface area contributed by atoms with Gasteiger partial charge in [-0.15, -0.1) is 0 Å². The fraction of sp³-hybridized carbons (Fsp3) is 0.107. The molecular weight excluding hydrogens is 408 g/mol. The highest BCUT2D eigenvalue weighted by Gasteiger charge is 2.17. The van der Waals surface area contributed by atoms with E-state index in [-0.39, 0.29) is 5.91 Å². The summed E-state index contributed by atoms with van der Waals surface area (Å²) < 4.78 is 0. The molecule has 1 aliphatic rings. The van der Waals surface area contributed by atoms with Crippen molar-refractivity contribution in [3.05, 3.63) is 103 Å². The van der Waals surface area contributed by atoms with Gasteiger partial charge < -0.3 is 20.4 Å². The summed E-state index contributed by atoms with van der Waals surface area (Å²) in [4.78, 5) is 17.0. The van der Waals surface area contributed by atoms with Crippen molar-refractivity contribution < 1.29 is 4.79 Å². The minimum atomic E-state index is -0.122. The van der Waals surface area contributed by atoms with Gasteiger partial charge in [-0.1, -0.05) is 42.5 Å². The van der Waals surface area contributed by atoms with E-state index in [1.54, 1.807) is 0 Å². The topological polar surface area (TPSA) is 47.6 Å². The van der Waals surface area contributed by atoms with E-state index in [1.165, 1.54) is 10.8 Å². The Hall–Kier alpha value is -4.25. The van der Waals surface area contributed by atoms with Gasteiger partial charge in [-0.05, 0) is 53.9 Å². The van der Waals surface area contributed by atoms with E-state index in [2.05, 4.69) is 64.2 Å². The maximum absolute atomic E-state index is 12.9. The molecule has 5 heteroatoms. The normalized spacial score (nSPS) is 12.6. The fourth-order valence-electron chi connectivity index (χ4n) is 4.23. The first-order chi connectivity index (χ1) is 16.1. The molecule has 0 fully saturated rings. The molecule has 0 spiro atoms. The molecule has 1 aliphatic heterocycles. The SMILES string of the molecule is CN(C)c1ccccc1C(=O)Nc1ccc(N2C=CCNc3c2ccc2ccccc32)cc1. The van der Waals surface area contributed by atoms with Crippen LogP contribution in [0.15, 0.2) is 97.2 Å². The van der Waals surface area contributed by atoms with Crippen molar-refractivity contribution in [1.82, 2.24) is 0 Å². The number of fused-ring (bicyclic) bond motifs is 3. The third kappa shape index (κ3) is 4.01. The van der Waals surface area contributed by atoms with E-state index in [0.717, 1.165) is 35.0 Å². The lowest BCUT2D eigenvalue weighted by atomic mass is 10.1. The Labute approximate surface area is 194 Å². The first-order valence-corrected chi connectivity index (χ1v) is 11.0. The van der Waals surface area contributed by atoms with E-state index < -0.39 is 0 Å². The second-order valence-electron chi connectivity index (χ2n) is 8.23. The van der Waals surface area contributed by atoms with Gasteiger partial charge in [0, 0.05) is 49.3 Å². The van der Waals surface area contributed by atoms with Crippen molar-refractivity contribution in [2.45, 2.75) is 0 Å². The van der Waals surface area contributed by atoms with Gasteiger partial charge in [-0.25, -0.2) is 0 Å². The molecule has 4 aromatic rings. The first kappa shape index (κ1) is 20.6. The molecular formula is C28H26N4O. The number of carbonyl (C=O) groups excluding carboxylic acids is 1. The zero-order valence-electron chi connectivity index (χ0n) is 18.7. The van der Waals surface area contributed by atoms with Crippen molar-refractivity contribution >= 4 is 45.1 Å². The number of carbonyl (C=O) groups is 1. The van der Waals surface area contributed by atoms with Gasteiger partial charge in [0.2, 0.25) is 0 Å². The monoisotopic (exact) mass is 434 g/mol. The third-order valence-corrected chi connectivity index (χ3v) is 5.85. The van der Waals surface area contributed by atoms with Gasteiger partial charge in [0.05, 0.1) is 16.9 Å². The van der Waals surface area contributed by atoms with Crippen LogP contribution in [0.2, 0.25) is 0 Å². The lowest BCUT2D eigenvalue weighted by molar-refractivity contribution is 0.102. The van der Waals surface area contributed by atoms with Crippen LogP contribution >= 0.6 is 0 Å². The lowest BCUT2D eigenvalue weighted by Crippen LogP contribution is -2.18. The van der Waals surface area contributed by atoms with Crippen molar-refractivity contribution in [2.24, 2.45) is 0 Å². The van der Waals surface area contributed by atoms with Crippen molar-refractivity contribution in [2.75, 3.05) is 41.1 Å². The number of nitrogens with one attached hydrogen (secondary N) is 2. The molecule has 1 amide bonds. The van der Waals surface area contributed by atoms with E-state index in [0.29, 0.717) is 5.56 Å². The van der Waals surface area contributed by atoms with Crippen LogP contribution in [0.25, 0.3) is 10.8 Å². The molecule has 1 heterocycles. The summed E-state index contributed by atoms with van der Waals surface area (Å²) in [5.74, 6) is -0.122. The maximum Gasteiger partial charge on any atom is 0.257 e. The second-order valence-corrected chi connectivity index (χ2v) is 8.23. The number of nitrogens with zero attached hydrogens (tertiary/aromatic N) is 2. The summed E-state index contributed by atoms with van der Waals surface area (Å²) in [6.45, 7) is 0.761.